The topological polar surface area (TPSA) is 46.2 Å². The molecule has 1 aromatic rings. The normalized spacial score (nSPS) is 12.5. The predicted octanol–water partition coefficient (Wildman–Crippen LogP) is 3.15. The molecule has 0 saturated heterocycles. The van der Waals surface area contributed by atoms with Gasteiger partial charge in [-0.1, -0.05) is 17.2 Å². The Hall–Kier alpha value is -1.06. The monoisotopic (exact) mass is 229 g/mol. The van der Waals surface area contributed by atoms with E-state index in [1.165, 1.54) is 6.07 Å². The fourth-order valence-electron chi connectivity index (χ4n) is 1.35. The third-order valence-electron chi connectivity index (χ3n) is 2.03. The van der Waals surface area contributed by atoms with Gasteiger partial charge in [-0.15, -0.1) is 6.58 Å². The second-order valence-electron chi connectivity index (χ2n) is 3.59. The van der Waals surface area contributed by atoms with Crippen LogP contribution in [-0.2, 0) is 0 Å². The fraction of sp³-hybridized carbons (Fsp3) is 0.273. The van der Waals surface area contributed by atoms with Crippen LogP contribution in [0.1, 0.15) is 24.9 Å². The van der Waals surface area contributed by atoms with Crippen LogP contribution in [0.5, 0.6) is 5.75 Å². The van der Waals surface area contributed by atoms with Gasteiger partial charge in [-0.2, -0.15) is 0 Å². The number of nitrogens with two attached hydrogens (primary N) is 1. The Bertz CT molecular complexity index is 392. The third-order valence-corrected chi connectivity index (χ3v) is 2.31. The van der Waals surface area contributed by atoms with Crippen LogP contribution in [0.15, 0.2) is 24.3 Å². The molecular weight excluding hydrogens is 217 g/mol. The number of halogens is 2. The van der Waals surface area contributed by atoms with E-state index in [1.54, 1.807) is 0 Å². The predicted molar refractivity (Wildman–Crippen MR) is 59.4 cm³/mol. The van der Waals surface area contributed by atoms with Crippen molar-refractivity contribution in [3.05, 3.63) is 40.7 Å². The number of hydrogen-bond donors (Lipinski definition) is 2. The van der Waals surface area contributed by atoms with Crippen LogP contribution in [0.4, 0.5) is 4.39 Å². The number of phenolic OH excluding ortho intramolecular Hbond substituents is 1. The van der Waals surface area contributed by atoms with Crippen LogP contribution < -0.4 is 5.73 Å². The summed E-state index contributed by atoms with van der Waals surface area (Å²) in [5.41, 5.74) is 6.96. The van der Waals surface area contributed by atoms with Crippen molar-refractivity contribution >= 4 is 11.6 Å². The maximum Gasteiger partial charge on any atom is 0.139 e. The summed E-state index contributed by atoms with van der Waals surface area (Å²) < 4.78 is 13.0. The van der Waals surface area contributed by atoms with Gasteiger partial charge in [0.2, 0.25) is 0 Å². The number of phenols is 1. The lowest BCUT2D eigenvalue weighted by Gasteiger charge is -2.14. The van der Waals surface area contributed by atoms with Crippen LogP contribution in [0, 0.1) is 5.82 Å². The molecule has 0 aliphatic heterocycles. The van der Waals surface area contributed by atoms with Crippen LogP contribution in [0.25, 0.3) is 0 Å². The summed E-state index contributed by atoms with van der Waals surface area (Å²) in [4.78, 5) is 0. The first-order valence-electron chi connectivity index (χ1n) is 4.49. The van der Waals surface area contributed by atoms with E-state index in [4.69, 9.17) is 17.3 Å². The Morgan fingerprint density at radius 2 is 2.27 bits per heavy atom. The van der Waals surface area contributed by atoms with Crippen LogP contribution in [0.2, 0.25) is 5.02 Å². The smallest absolute Gasteiger partial charge is 0.139 e. The molecule has 1 rings (SSSR count). The number of hydrogen-bond acceptors (Lipinski definition) is 2. The van der Waals surface area contributed by atoms with Crippen LogP contribution >= 0.6 is 11.6 Å². The van der Waals surface area contributed by atoms with Gasteiger partial charge in [-0.05, 0) is 25.5 Å². The van der Waals surface area contributed by atoms with Gasteiger partial charge in [-0.3, -0.25) is 0 Å². The van der Waals surface area contributed by atoms with Crippen molar-refractivity contribution in [2.45, 2.75) is 19.4 Å². The van der Waals surface area contributed by atoms with Crippen LogP contribution in [-0.4, -0.2) is 5.11 Å². The molecule has 0 bridgehead atoms. The lowest BCUT2D eigenvalue weighted by Crippen LogP contribution is -2.11. The zero-order valence-electron chi connectivity index (χ0n) is 8.43. The molecule has 0 saturated carbocycles. The summed E-state index contributed by atoms with van der Waals surface area (Å²) in [6, 6.07) is 1.75. The molecule has 2 nitrogen and oxygen atoms in total. The van der Waals surface area contributed by atoms with Crippen molar-refractivity contribution in [3.8, 4) is 5.75 Å². The molecular formula is C11H13ClFNO. The summed E-state index contributed by atoms with van der Waals surface area (Å²) in [6.45, 7) is 5.52. The largest absolute Gasteiger partial charge is 0.506 e. The SMILES string of the molecule is C=C(C)C[C@H](N)c1cc(F)cc(Cl)c1O. The summed E-state index contributed by atoms with van der Waals surface area (Å²) in [5, 5.41) is 9.57. The van der Waals surface area contributed by atoms with E-state index in [-0.39, 0.29) is 10.8 Å². The maximum absolute atomic E-state index is 13.0. The van der Waals surface area contributed by atoms with Gasteiger partial charge in [0.05, 0.1) is 5.02 Å². The minimum absolute atomic E-state index is 0.0258. The highest BCUT2D eigenvalue weighted by Gasteiger charge is 2.15. The molecule has 0 aliphatic carbocycles. The zero-order chi connectivity index (χ0) is 11.6. The molecule has 0 fully saturated rings. The molecule has 4 heteroatoms. The summed E-state index contributed by atoms with van der Waals surface area (Å²) in [7, 11) is 0. The van der Waals surface area contributed by atoms with Crippen molar-refractivity contribution in [2.75, 3.05) is 0 Å². The van der Waals surface area contributed by atoms with Gasteiger partial charge >= 0.3 is 0 Å². The quantitative estimate of drug-likeness (QED) is 0.783. The highest BCUT2D eigenvalue weighted by atomic mass is 35.5. The molecule has 0 unspecified atom stereocenters. The molecule has 0 amide bonds. The van der Waals surface area contributed by atoms with Gasteiger partial charge in [0.15, 0.2) is 0 Å². The average molecular weight is 230 g/mol. The first-order valence-corrected chi connectivity index (χ1v) is 4.87. The fourth-order valence-corrected chi connectivity index (χ4v) is 1.57. The first-order chi connectivity index (χ1) is 6.91. The van der Waals surface area contributed by atoms with E-state index in [2.05, 4.69) is 6.58 Å². The van der Waals surface area contributed by atoms with Crippen molar-refractivity contribution in [1.29, 1.82) is 0 Å². The van der Waals surface area contributed by atoms with Gasteiger partial charge in [-0.25, -0.2) is 4.39 Å². The minimum Gasteiger partial charge on any atom is -0.506 e. The van der Waals surface area contributed by atoms with Crippen molar-refractivity contribution < 1.29 is 9.50 Å². The molecule has 0 aromatic heterocycles. The number of aromatic hydroxyl groups is 1. The first kappa shape index (κ1) is 12.0. The second-order valence-corrected chi connectivity index (χ2v) is 4.00. The molecule has 82 valence electrons. The summed E-state index contributed by atoms with van der Waals surface area (Å²) in [6.07, 6.45) is 0.480. The Balaban J connectivity index is 3.07. The van der Waals surface area contributed by atoms with Crippen molar-refractivity contribution in [3.63, 3.8) is 0 Å². The summed E-state index contributed by atoms with van der Waals surface area (Å²) in [5.74, 6) is -0.670. The van der Waals surface area contributed by atoms with E-state index < -0.39 is 11.9 Å². The molecule has 0 radical (unpaired) electrons. The Labute approximate surface area is 93.2 Å². The standard InChI is InChI=1S/C11H13ClFNO/c1-6(2)3-10(14)8-4-7(13)5-9(12)11(8)15/h4-5,10,15H,1,3,14H2,2H3/t10-/m0/s1. The van der Waals surface area contributed by atoms with E-state index >= 15 is 0 Å². The average Bonchev–Trinajstić information content (AvgIpc) is 2.09. The van der Waals surface area contributed by atoms with E-state index in [0.29, 0.717) is 12.0 Å². The van der Waals surface area contributed by atoms with Gasteiger partial charge in [0.1, 0.15) is 11.6 Å². The van der Waals surface area contributed by atoms with Gasteiger partial charge in [0, 0.05) is 11.6 Å². The highest BCUT2D eigenvalue weighted by Crippen LogP contribution is 2.33. The maximum atomic E-state index is 13.0. The lowest BCUT2D eigenvalue weighted by atomic mass is 10.0. The molecule has 0 aliphatic rings. The lowest BCUT2D eigenvalue weighted by molar-refractivity contribution is 0.458. The Kier molecular flexibility index (Phi) is 3.72. The molecule has 0 spiro atoms. The minimum atomic E-state index is -0.509. The van der Waals surface area contributed by atoms with Gasteiger partial charge < -0.3 is 10.8 Å². The molecule has 15 heavy (non-hydrogen) atoms. The zero-order valence-corrected chi connectivity index (χ0v) is 9.18. The molecule has 1 aromatic carbocycles. The van der Waals surface area contributed by atoms with E-state index in [0.717, 1.165) is 11.6 Å². The van der Waals surface area contributed by atoms with E-state index in [1.807, 2.05) is 6.92 Å². The van der Waals surface area contributed by atoms with Crippen molar-refractivity contribution in [2.24, 2.45) is 5.73 Å². The molecule has 1 atom stereocenters. The molecule has 0 heterocycles. The van der Waals surface area contributed by atoms with E-state index in [9.17, 15) is 9.50 Å². The number of benzene rings is 1. The third kappa shape index (κ3) is 2.94. The van der Waals surface area contributed by atoms with Crippen LogP contribution in [0.3, 0.4) is 0 Å². The van der Waals surface area contributed by atoms with Crippen molar-refractivity contribution in [1.82, 2.24) is 0 Å². The Morgan fingerprint density at radius 1 is 1.67 bits per heavy atom. The molecule has 3 N–H and O–H groups in total. The number of rotatable bonds is 3. The highest BCUT2D eigenvalue weighted by molar-refractivity contribution is 6.32. The second kappa shape index (κ2) is 4.64. The Morgan fingerprint density at radius 3 is 2.80 bits per heavy atom. The van der Waals surface area contributed by atoms with Gasteiger partial charge in [0.25, 0.3) is 0 Å². The summed E-state index contributed by atoms with van der Waals surface area (Å²) >= 11 is 5.63.